The molecule has 0 amide bonds. The van der Waals surface area contributed by atoms with Crippen molar-refractivity contribution in [3.63, 3.8) is 0 Å². The third kappa shape index (κ3) is 6.62. The summed E-state index contributed by atoms with van der Waals surface area (Å²) < 4.78 is 27.1. The standard InChI is InChI=1S/C13H21N3O2S2.2ClH/c1-19-12-3-2-4-13(11-12)20(17,18)15-7-10-16-8-5-14-6-9-16;;/h2-4,11,14-15H,5-10H2,1H3;2*1H. The van der Waals surface area contributed by atoms with Crippen molar-refractivity contribution in [3.05, 3.63) is 24.3 Å². The summed E-state index contributed by atoms with van der Waals surface area (Å²) in [5.41, 5.74) is 0. The van der Waals surface area contributed by atoms with E-state index in [0.717, 1.165) is 37.6 Å². The van der Waals surface area contributed by atoms with Gasteiger partial charge in [-0.2, -0.15) is 0 Å². The zero-order chi connectivity index (χ0) is 14.4. The molecule has 0 aliphatic carbocycles. The van der Waals surface area contributed by atoms with Gasteiger partial charge in [0.2, 0.25) is 10.0 Å². The van der Waals surface area contributed by atoms with Crippen LogP contribution in [0.15, 0.2) is 34.1 Å². The van der Waals surface area contributed by atoms with Crippen LogP contribution in [-0.4, -0.2) is 58.8 Å². The van der Waals surface area contributed by atoms with Crippen molar-refractivity contribution in [2.24, 2.45) is 0 Å². The Hall–Kier alpha value is -0.0200. The highest BCUT2D eigenvalue weighted by Gasteiger charge is 2.15. The Morgan fingerprint density at radius 1 is 1.27 bits per heavy atom. The Morgan fingerprint density at radius 3 is 2.59 bits per heavy atom. The number of piperazine rings is 1. The van der Waals surface area contributed by atoms with Crippen LogP contribution < -0.4 is 10.0 Å². The lowest BCUT2D eigenvalue weighted by molar-refractivity contribution is 0.245. The van der Waals surface area contributed by atoms with Gasteiger partial charge in [0, 0.05) is 44.2 Å². The zero-order valence-corrected chi connectivity index (χ0v) is 15.7. The van der Waals surface area contributed by atoms with Crippen molar-refractivity contribution >= 4 is 46.6 Å². The zero-order valence-electron chi connectivity index (χ0n) is 12.4. The van der Waals surface area contributed by atoms with E-state index in [0.29, 0.717) is 11.4 Å². The van der Waals surface area contributed by atoms with Gasteiger partial charge in [0.05, 0.1) is 4.90 Å². The fraction of sp³-hybridized carbons (Fsp3) is 0.538. The Morgan fingerprint density at radius 2 is 1.95 bits per heavy atom. The monoisotopic (exact) mass is 387 g/mol. The van der Waals surface area contributed by atoms with Crippen molar-refractivity contribution < 1.29 is 8.42 Å². The van der Waals surface area contributed by atoms with Crippen molar-refractivity contribution in [1.29, 1.82) is 0 Å². The third-order valence-electron chi connectivity index (χ3n) is 3.28. The molecular weight excluding hydrogens is 365 g/mol. The summed E-state index contributed by atoms with van der Waals surface area (Å²) in [5.74, 6) is 0. The number of nitrogens with one attached hydrogen (secondary N) is 2. The molecule has 2 rings (SSSR count). The fourth-order valence-electron chi connectivity index (χ4n) is 2.12. The van der Waals surface area contributed by atoms with E-state index in [1.165, 1.54) is 11.8 Å². The molecule has 9 heteroatoms. The summed E-state index contributed by atoms with van der Waals surface area (Å²) >= 11 is 1.54. The quantitative estimate of drug-likeness (QED) is 0.723. The first-order valence-corrected chi connectivity index (χ1v) is 9.39. The minimum atomic E-state index is -3.40. The van der Waals surface area contributed by atoms with Gasteiger partial charge in [0.25, 0.3) is 0 Å². The highest BCUT2D eigenvalue weighted by molar-refractivity contribution is 7.98. The van der Waals surface area contributed by atoms with E-state index in [9.17, 15) is 8.42 Å². The van der Waals surface area contributed by atoms with Crippen LogP contribution in [0.4, 0.5) is 0 Å². The van der Waals surface area contributed by atoms with E-state index >= 15 is 0 Å². The molecule has 0 saturated carbocycles. The molecule has 22 heavy (non-hydrogen) atoms. The lowest BCUT2D eigenvalue weighted by atomic mass is 10.3. The van der Waals surface area contributed by atoms with Crippen LogP contribution in [0.5, 0.6) is 0 Å². The second-order valence-corrected chi connectivity index (χ2v) is 7.32. The second kappa shape index (κ2) is 10.7. The molecule has 0 spiro atoms. The predicted octanol–water partition coefficient (Wildman–Crippen LogP) is 1.44. The number of nitrogens with zero attached hydrogens (tertiary/aromatic N) is 1. The summed E-state index contributed by atoms with van der Waals surface area (Å²) in [6, 6.07) is 7.02. The average Bonchev–Trinajstić information content (AvgIpc) is 2.48. The SMILES string of the molecule is CSc1cccc(S(=O)(=O)NCCN2CCNCC2)c1.Cl.Cl. The Labute approximate surface area is 149 Å². The van der Waals surface area contributed by atoms with Gasteiger partial charge in [-0.05, 0) is 24.5 Å². The number of halogens is 2. The Bertz CT molecular complexity index is 538. The minimum Gasteiger partial charge on any atom is -0.314 e. The molecule has 0 unspecified atom stereocenters. The smallest absolute Gasteiger partial charge is 0.240 e. The topological polar surface area (TPSA) is 61.4 Å². The first-order chi connectivity index (χ1) is 9.62. The van der Waals surface area contributed by atoms with Crippen molar-refractivity contribution in [2.75, 3.05) is 45.5 Å². The number of sulfonamides is 1. The van der Waals surface area contributed by atoms with Crippen molar-refractivity contribution in [1.82, 2.24) is 14.9 Å². The fourth-order valence-corrected chi connectivity index (χ4v) is 3.73. The van der Waals surface area contributed by atoms with Crippen LogP contribution >= 0.6 is 36.6 Å². The maximum atomic E-state index is 12.2. The molecule has 1 aliphatic heterocycles. The lowest BCUT2D eigenvalue weighted by Crippen LogP contribution is -2.46. The predicted molar refractivity (Wildman–Crippen MR) is 97.2 cm³/mol. The van der Waals surface area contributed by atoms with E-state index < -0.39 is 10.0 Å². The molecule has 0 aromatic heterocycles. The van der Waals surface area contributed by atoms with Gasteiger partial charge >= 0.3 is 0 Å². The molecule has 1 fully saturated rings. The summed E-state index contributed by atoms with van der Waals surface area (Å²) in [6.45, 7) is 5.10. The van der Waals surface area contributed by atoms with Crippen LogP contribution in [0.1, 0.15) is 0 Å². The number of rotatable bonds is 6. The first kappa shape index (κ1) is 22.0. The Kier molecular flexibility index (Phi) is 10.7. The van der Waals surface area contributed by atoms with E-state index in [4.69, 9.17) is 0 Å². The molecule has 0 radical (unpaired) electrons. The molecule has 1 aliphatic rings. The molecule has 0 bridgehead atoms. The summed E-state index contributed by atoms with van der Waals surface area (Å²) in [6.07, 6.45) is 1.93. The highest BCUT2D eigenvalue weighted by atomic mass is 35.5. The molecule has 1 heterocycles. The second-order valence-electron chi connectivity index (χ2n) is 4.67. The molecule has 0 atom stereocenters. The van der Waals surface area contributed by atoms with E-state index in [2.05, 4.69) is 14.9 Å². The lowest BCUT2D eigenvalue weighted by Gasteiger charge is -2.27. The Balaban J connectivity index is 0.00000220. The van der Waals surface area contributed by atoms with Crippen molar-refractivity contribution in [2.45, 2.75) is 9.79 Å². The normalized spacial score (nSPS) is 15.7. The van der Waals surface area contributed by atoms with Gasteiger partial charge in [0.1, 0.15) is 0 Å². The molecule has 1 saturated heterocycles. The van der Waals surface area contributed by atoms with Gasteiger partial charge in [0.15, 0.2) is 0 Å². The van der Waals surface area contributed by atoms with Gasteiger partial charge in [-0.3, -0.25) is 4.90 Å². The number of hydrogen-bond acceptors (Lipinski definition) is 5. The maximum Gasteiger partial charge on any atom is 0.240 e. The van der Waals surface area contributed by atoms with Crippen molar-refractivity contribution in [3.8, 4) is 0 Å². The molecule has 1 aromatic carbocycles. The minimum absolute atomic E-state index is 0. The molecular formula is C13H23Cl2N3O2S2. The van der Waals surface area contributed by atoms with E-state index in [1.807, 2.05) is 12.3 Å². The number of benzene rings is 1. The largest absolute Gasteiger partial charge is 0.314 e. The van der Waals surface area contributed by atoms with Gasteiger partial charge in [-0.15, -0.1) is 36.6 Å². The summed E-state index contributed by atoms with van der Waals surface area (Å²) in [7, 11) is -3.40. The van der Waals surface area contributed by atoms with Crippen LogP contribution in [0.3, 0.4) is 0 Å². The highest BCUT2D eigenvalue weighted by Crippen LogP contribution is 2.18. The molecule has 5 nitrogen and oxygen atoms in total. The number of thioether (sulfide) groups is 1. The molecule has 2 N–H and O–H groups in total. The van der Waals surface area contributed by atoms with Crippen LogP contribution in [-0.2, 0) is 10.0 Å². The van der Waals surface area contributed by atoms with Crippen LogP contribution in [0.2, 0.25) is 0 Å². The van der Waals surface area contributed by atoms with Gasteiger partial charge < -0.3 is 5.32 Å². The van der Waals surface area contributed by atoms with Gasteiger partial charge in [-0.1, -0.05) is 6.07 Å². The van der Waals surface area contributed by atoms with E-state index in [-0.39, 0.29) is 24.8 Å². The number of hydrogen-bond donors (Lipinski definition) is 2. The maximum absolute atomic E-state index is 12.2. The van der Waals surface area contributed by atoms with Crippen LogP contribution in [0, 0.1) is 0 Å². The third-order valence-corrected chi connectivity index (χ3v) is 5.47. The molecule has 1 aromatic rings. The summed E-state index contributed by atoms with van der Waals surface area (Å²) in [4.78, 5) is 3.55. The molecule has 128 valence electrons. The van der Waals surface area contributed by atoms with E-state index in [1.54, 1.807) is 18.2 Å². The van der Waals surface area contributed by atoms with Crippen LogP contribution in [0.25, 0.3) is 0 Å². The first-order valence-electron chi connectivity index (χ1n) is 6.68. The average molecular weight is 388 g/mol. The van der Waals surface area contributed by atoms with Gasteiger partial charge in [-0.25, -0.2) is 13.1 Å². The summed E-state index contributed by atoms with van der Waals surface area (Å²) in [5, 5.41) is 3.28.